The van der Waals surface area contributed by atoms with Crippen LogP contribution in [0.15, 0.2) is 30.3 Å². The average molecular weight is 401 g/mol. The van der Waals surface area contributed by atoms with E-state index < -0.39 is 0 Å². The van der Waals surface area contributed by atoms with Gasteiger partial charge in [0, 0.05) is 44.4 Å². The zero-order valence-corrected chi connectivity index (χ0v) is 18.1. The van der Waals surface area contributed by atoms with Crippen molar-refractivity contribution in [2.24, 2.45) is 11.3 Å². The van der Waals surface area contributed by atoms with Gasteiger partial charge in [0.15, 0.2) is 0 Å². The lowest BCUT2D eigenvalue weighted by Crippen LogP contribution is -2.51. The lowest BCUT2D eigenvalue weighted by molar-refractivity contribution is -0.142. The number of carbonyl (C=O) groups is 2. The van der Waals surface area contributed by atoms with E-state index >= 15 is 0 Å². The summed E-state index contributed by atoms with van der Waals surface area (Å²) in [5.74, 6) is 1.59. The van der Waals surface area contributed by atoms with E-state index in [1.165, 1.54) is 6.42 Å². The Morgan fingerprint density at radius 1 is 0.966 bits per heavy atom. The van der Waals surface area contributed by atoms with Crippen LogP contribution < -0.4 is 4.74 Å². The predicted octanol–water partition coefficient (Wildman–Crippen LogP) is 4.12. The SMILES string of the molecule is CC(C)CC(=O)N1CCC[C@@](COc2ccccc2)(CC(=O)N2CCCCC2)C1. The van der Waals surface area contributed by atoms with Crippen LogP contribution in [0.1, 0.15) is 58.8 Å². The normalized spacial score (nSPS) is 22.6. The van der Waals surface area contributed by atoms with E-state index in [4.69, 9.17) is 4.74 Å². The van der Waals surface area contributed by atoms with E-state index in [0.717, 1.165) is 51.1 Å². The van der Waals surface area contributed by atoms with Crippen LogP contribution in [0.4, 0.5) is 0 Å². The van der Waals surface area contributed by atoms with Crippen LogP contribution in [0.2, 0.25) is 0 Å². The molecule has 1 atom stereocenters. The van der Waals surface area contributed by atoms with Gasteiger partial charge in [0.05, 0.1) is 6.61 Å². The molecule has 0 aromatic heterocycles. The second-order valence-corrected chi connectivity index (χ2v) is 9.24. The lowest BCUT2D eigenvalue weighted by Gasteiger charge is -2.43. The molecule has 0 saturated carbocycles. The summed E-state index contributed by atoms with van der Waals surface area (Å²) in [4.78, 5) is 29.8. The van der Waals surface area contributed by atoms with Crippen molar-refractivity contribution < 1.29 is 14.3 Å². The Labute approximate surface area is 175 Å². The largest absolute Gasteiger partial charge is 0.493 e. The number of hydrogen-bond acceptors (Lipinski definition) is 3. The van der Waals surface area contributed by atoms with E-state index in [1.54, 1.807) is 0 Å². The van der Waals surface area contributed by atoms with Gasteiger partial charge in [-0.15, -0.1) is 0 Å². The molecular formula is C24H36N2O3. The fourth-order valence-electron chi connectivity index (χ4n) is 4.54. The van der Waals surface area contributed by atoms with E-state index in [2.05, 4.69) is 13.8 Å². The molecule has 1 aromatic rings. The van der Waals surface area contributed by atoms with Crippen LogP contribution in [0.3, 0.4) is 0 Å². The minimum Gasteiger partial charge on any atom is -0.493 e. The molecule has 2 aliphatic rings. The van der Waals surface area contributed by atoms with Gasteiger partial charge in [-0.1, -0.05) is 32.0 Å². The quantitative estimate of drug-likeness (QED) is 0.692. The number of piperidine rings is 2. The third-order valence-corrected chi connectivity index (χ3v) is 6.12. The zero-order valence-electron chi connectivity index (χ0n) is 18.1. The summed E-state index contributed by atoms with van der Waals surface area (Å²) in [6.07, 6.45) is 6.28. The molecule has 2 saturated heterocycles. The van der Waals surface area contributed by atoms with Gasteiger partial charge in [0.1, 0.15) is 5.75 Å². The van der Waals surface area contributed by atoms with E-state index in [1.807, 2.05) is 40.1 Å². The first-order valence-electron chi connectivity index (χ1n) is 11.2. The van der Waals surface area contributed by atoms with Gasteiger partial charge < -0.3 is 14.5 Å². The smallest absolute Gasteiger partial charge is 0.223 e. The molecule has 2 amide bonds. The average Bonchev–Trinajstić information content (AvgIpc) is 2.73. The van der Waals surface area contributed by atoms with Crippen LogP contribution >= 0.6 is 0 Å². The zero-order chi connectivity index (χ0) is 20.7. The van der Waals surface area contributed by atoms with Gasteiger partial charge >= 0.3 is 0 Å². The Balaban J connectivity index is 1.72. The molecule has 2 aliphatic heterocycles. The molecule has 0 unspecified atom stereocenters. The van der Waals surface area contributed by atoms with Crippen molar-refractivity contribution >= 4 is 11.8 Å². The van der Waals surface area contributed by atoms with Crippen molar-refractivity contribution in [2.45, 2.75) is 58.8 Å². The van der Waals surface area contributed by atoms with Crippen molar-refractivity contribution in [2.75, 3.05) is 32.8 Å². The number of hydrogen-bond donors (Lipinski definition) is 0. The van der Waals surface area contributed by atoms with Gasteiger partial charge in [0.2, 0.25) is 11.8 Å². The molecule has 3 rings (SSSR count). The highest BCUT2D eigenvalue weighted by molar-refractivity contribution is 5.78. The maximum atomic E-state index is 13.1. The molecule has 2 heterocycles. The molecule has 2 fully saturated rings. The number of likely N-dealkylation sites (tertiary alicyclic amines) is 2. The maximum absolute atomic E-state index is 13.1. The van der Waals surface area contributed by atoms with Gasteiger partial charge in [-0.05, 0) is 50.2 Å². The molecule has 0 bridgehead atoms. The first kappa shape index (κ1) is 21.7. The first-order chi connectivity index (χ1) is 14.0. The third-order valence-electron chi connectivity index (χ3n) is 6.12. The van der Waals surface area contributed by atoms with E-state index in [0.29, 0.717) is 31.9 Å². The van der Waals surface area contributed by atoms with Crippen LogP contribution in [-0.4, -0.2) is 54.4 Å². The first-order valence-corrected chi connectivity index (χ1v) is 11.2. The summed E-state index contributed by atoms with van der Waals surface area (Å²) in [5.41, 5.74) is -0.310. The fourth-order valence-corrected chi connectivity index (χ4v) is 4.54. The molecule has 0 N–H and O–H groups in total. The summed E-state index contributed by atoms with van der Waals surface area (Å²) >= 11 is 0. The van der Waals surface area contributed by atoms with Gasteiger partial charge in [-0.3, -0.25) is 9.59 Å². The maximum Gasteiger partial charge on any atom is 0.223 e. The number of amides is 2. The highest BCUT2D eigenvalue weighted by Gasteiger charge is 2.41. The predicted molar refractivity (Wildman–Crippen MR) is 115 cm³/mol. The molecule has 0 spiro atoms. The van der Waals surface area contributed by atoms with Crippen LogP contribution in [0, 0.1) is 11.3 Å². The summed E-state index contributed by atoms with van der Waals surface area (Å²) < 4.78 is 6.14. The summed E-state index contributed by atoms with van der Waals surface area (Å²) in [5, 5.41) is 0. The van der Waals surface area contributed by atoms with Crippen LogP contribution in [0.5, 0.6) is 5.75 Å². The van der Waals surface area contributed by atoms with Crippen molar-refractivity contribution in [1.29, 1.82) is 0 Å². The van der Waals surface area contributed by atoms with Crippen molar-refractivity contribution in [3.63, 3.8) is 0 Å². The molecule has 5 heteroatoms. The van der Waals surface area contributed by atoms with E-state index in [-0.39, 0.29) is 17.2 Å². The molecule has 160 valence electrons. The number of nitrogens with zero attached hydrogens (tertiary/aromatic N) is 2. The molecule has 29 heavy (non-hydrogen) atoms. The minimum absolute atomic E-state index is 0.203. The van der Waals surface area contributed by atoms with E-state index in [9.17, 15) is 9.59 Å². The highest BCUT2D eigenvalue weighted by Crippen LogP contribution is 2.36. The number of para-hydroxylation sites is 1. The second-order valence-electron chi connectivity index (χ2n) is 9.24. The topological polar surface area (TPSA) is 49.9 Å². The Kier molecular flexibility index (Phi) is 7.57. The third kappa shape index (κ3) is 6.22. The molecule has 0 radical (unpaired) electrons. The molecule has 1 aromatic carbocycles. The van der Waals surface area contributed by atoms with Crippen molar-refractivity contribution in [3.8, 4) is 5.75 Å². The van der Waals surface area contributed by atoms with Crippen molar-refractivity contribution in [1.82, 2.24) is 9.80 Å². The lowest BCUT2D eigenvalue weighted by atomic mass is 9.77. The van der Waals surface area contributed by atoms with Crippen LogP contribution in [-0.2, 0) is 9.59 Å². The van der Waals surface area contributed by atoms with Crippen LogP contribution in [0.25, 0.3) is 0 Å². The Hall–Kier alpha value is -2.04. The summed E-state index contributed by atoms with van der Waals surface area (Å²) in [6.45, 7) is 7.76. The Morgan fingerprint density at radius 3 is 2.34 bits per heavy atom. The fraction of sp³-hybridized carbons (Fsp3) is 0.667. The molecule has 5 nitrogen and oxygen atoms in total. The highest BCUT2D eigenvalue weighted by atomic mass is 16.5. The number of carbonyl (C=O) groups excluding carboxylic acids is 2. The van der Waals surface area contributed by atoms with Gasteiger partial charge in [-0.25, -0.2) is 0 Å². The Bertz CT molecular complexity index is 670. The molecular weight excluding hydrogens is 364 g/mol. The monoisotopic (exact) mass is 400 g/mol. The van der Waals surface area contributed by atoms with Gasteiger partial charge in [0.25, 0.3) is 0 Å². The summed E-state index contributed by atoms with van der Waals surface area (Å²) in [7, 11) is 0. The minimum atomic E-state index is -0.310. The number of rotatable bonds is 7. The van der Waals surface area contributed by atoms with Gasteiger partial charge in [-0.2, -0.15) is 0 Å². The second kappa shape index (κ2) is 10.1. The number of ether oxygens (including phenoxy) is 1. The molecule has 0 aliphatic carbocycles. The summed E-state index contributed by atoms with van der Waals surface area (Å²) in [6, 6.07) is 9.78. The Morgan fingerprint density at radius 2 is 1.66 bits per heavy atom. The standard InChI is InChI=1S/C24H36N2O3/c1-20(2)16-22(27)26-15-9-12-24(18-26,19-29-21-10-5-3-6-11-21)17-23(28)25-13-7-4-8-14-25/h3,5-6,10-11,20H,4,7-9,12-19H2,1-2H3/t24-/m1/s1. The number of benzene rings is 1. The van der Waals surface area contributed by atoms with Crippen molar-refractivity contribution in [3.05, 3.63) is 30.3 Å².